The van der Waals surface area contributed by atoms with E-state index in [2.05, 4.69) is 0 Å². The summed E-state index contributed by atoms with van der Waals surface area (Å²) in [5.74, 6) is -5.87. The van der Waals surface area contributed by atoms with Gasteiger partial charge in [0, 0.05) is 30.8 Å². The van der Waals surface area contributed by atoms with Crippen molar-refractivity contribution >= 4 is 5.91 Å². The molecule has 0 aromatic heterocycles. The minimum atomic E-state index is -2.18. The largest absolute Gasteiger partial charge is 0.440 e. The van der Waals surface area contributed by atoms with Gasteiger partial charge in [-0.05, 0) is 61.7 Å². The number of nitrogens with zero attached hydrogens (tertiary/aromatic N) is 1. The highest BCUT2D eigenvalue weighted by atomic mass is 19.1. The van der Waals surface area contributed by atoms with Crippen LogP contribution in [0, 0.1) is 23.3 Å². The third-order valence-corrected chi connectivity index (χ3v) is 5.91. The molecule has 0 atom stereocenters. The molecule has 8 heteroatoms. The van der Waals surface area contributed by atoms with Gasteiger partial charge in [-0.2, -0.15) is 0 Å². The summed E-state index contributed by atoms with van der Waals surface area (Å²) in [7, 11) is 0. The Morgan fingerprint density at radius 2 is 1.30 bits per heavy atom. The zero-order chi connectivity index (χ0) is 23.2. The summed E-state index contributed by atoms with van der Waals surface area (Å²) >= 11 is 0. The van der Waals surface area contributed by atoms with Crippen molar-refractivity contribution in [1.82, 2.24) is 4.90 Å². The second-order valence-corrected chi connectivity index (χ2v) is 8.08. The van der Waals surface area contributed by atoms with Crippen LogP contribution < -0.4 is 9.47 Å². The summed E-state index contributed by atoms with van der Waals surface area (Å²) in [5, 5.41) is 0. The molecule has 4 nitrogen and oxygen atoms in total. The minimum absolute atomic E-state index is 0.0882. The van der Waals surface area contributed by atoms with E-state index in [1.165, 1.54) is 12.1 Å². The lowest BCUT2D eigenvalue weighted by molar-refractivity contribution is -0.0516. The Morgan fingerprint density at radius 3 is 1.88 bits per heavy atom. The van der Waals surface area contributed by atoms with Crippen LogP contribution in [0.4, 0.5) is 17.6 Å². The fraction of sp³-hybridized carbons (Fsp3) is 0.240. The van der Waals surface area contributed by atoms with Crippen molar-refractivity contribution in [2.45, 2.75) is 25.0 Å². The van der Waals surface area contributed by atoms with E-state index in [4.69, 9.17) is 9.47 Å². The summed E-state index contributed by atoms with van der Waals surface area (Å²) in [6.07, 6.45) is 2.92. The van der Waals surface area contributed by atoms with Crippen molar-refractivity contribution in [3.8, 4) is 11.5 Å². The molecule has 0 bridgehead atoms. The molecule has 0 unspecified atom stereocenters. The molecule has 170 valence electrons. The lowest BCUT2D eigenvalue weighted by Crippen LogP contribution is -2.39. The van der Waals surface area contributed by atoms with E-state index in [1.807, 2.05) is 0 Å². The number of amides is 1. The van der Waals surface area contributed by atoms with Crippen molar-refractivity contribution in [2.75, 3.05) is 13.1 Å². The van der Waals surface area contributed by atoms with E-state index in [9.17, 15) is 22.4 Å². The third kappa shape index (κ3) is 3.69. The average Bonchev–Trinajstić information content (AvgIpc) is 3.18. The van der Waals surface area contributed by atoms with Gasteiger partial charge in [-0.3, -0.25) is 4.79 Å². The predicted molar refractivity (Wildman–Crippen MR) is 111 cm³/mol. The predicted octanol–water partition coefficient (Wildman–Crippen LogP) is 5.54. The van der Waals surface area contributed by atoms with E-state index in [-0.39, 0.29) is 28.5 Å². The Morgan fingerprint density at radius 1 is 0.727 bits per heavy atom. The molecule has 3 aromatic rings. The highest BCUT2D eigenvalue weighted by Crippen LogP contribution is 2.49. The van der Waals surface area contributed by atoms with Crippen LogP contribution in [0.3, 0.4) is 0 Å². The topological polar surface area (TPSA) is 38.8 Å². The molecule has 0 spiro atoms. The lowest BCUT2D eigenvalue weighted by atomic mass is 9.96. The molecular weight excluding hydrogens is 438 g/mol. The molecule has 3 aromatic carbocycles. The average molecular weight is 457 g/mol. The van der Waals surface area contributed by atoms with E-state index < -0.39 is 29.1 Å². The Labute approximate surface area is 187 Å². The standard InChI is InChI=1S/C25H19F4NO3/c26-16-5-7-18(20(28)13-16)25(19-8-6-17(27)14-21(19)29)32-22-9-4-15(12-23(22)33-25)24(31)30-10-2-1-3-11-30/h4-9,12-14H,1-3,10-11H2. The first kappa shape index (κ1) is 21.3. The molecule has 33 heavy (non-hydrogen) atoms. The molecule has 2 aliphatic heterocycles. The molecule has 0 N–H and O–H groups in total. The maximum Gasteiger partial charge on any atom is 0.311 e. The number of likely N-dealkylation sites (tertiary alicyclic amines) is 1. The summed E-state index contributed by atoms with van der Waals surface area (Å²) in [6, 6.07) is 9.88. The third-order valence-electron chi connectivity index (χ3n) is 5.91. The van der Waals surface area contributed by atoms with Crippen LogP contribution in [0.15, 0.2) is 54.6 Å². The highest BCUT2D eigenvalue weighted by Gasteiger charge is 2.49. The summed E-state index contributed by atoms with van der Waals surface area (Å²) in [4.78, 5) is 14.7. The summed E-state index contributed by atoms with van der Waals surface area (Å²) in [5.41, 5.74) is -0.252. The van der Waals surface area contributed by atoms with Crippen molar-refractivity contribution in [2.24, 2.45) is 0 Å². The van der Waals surface area contributed by atoms with E-state index in [0.29, 0.717) is 30.8 Å². The molecular formula is C25H19F4NO3. The fourth-order valence-corrected chi connectivity index (χ4v) is 4.29. The number of ether oxygens (including phenoxy) is 2. The Balaban J connectivity index is 1.59. The second kappa shape index (κ2) is 8.10. The maximum atomic E-state index is 14.9. The van der Waals surface area contributed by atoms with Crippen molar-refractivity contribution in [3.05, 3.63) is 94.6 Å². The highest BCUT2D eigenvalue weighted by molar-refractivity contribution is 5.95. The van der Waals surface area contributed by atoms with E-state index >= 15 is 0 Å². The number of piperidine rings is 1. The Hall–Kier alpha value is -3.55. The van der Waals surface area contributed by atoms with Crippen LogP contribution in [-0.2, 0) is 5.79 Å². The first-order valence-electron chi connectivity index (χ1n) is 10.6. The summed E-state index contributed by atoms with van der Waals surface area (Å²) in [6.45, 7) is 1.30. The molecule has 2 heterocycles. The minimum Gasteiger partial charge on any atom is -0.440 e. The van der Waals surface area contributed by atoms with Crippen molar-refractivity contribution in [3.63, 3.8) is 0 Å². The van der Waals surface area contributed by atoms with Gasteiger partial charge in [0.25, 0.3) is 5.91 Å². The smallest absolute Gasteiger partial charge is 0.311 e. The monoisotopic (exact) mass is 457 g/mol. The number of fused-ring (bicyclic) bond motifs is 1. The second-order valence-electron chi connectivity index (χ2n) is 8.08. The van der Waals surface area contributed by atoms with Crippen LogP contribution in [0.1, 0.15) is 40.7 Å². The normalized spacial score (nSPS) is 16.7. The quantitative estimate of drug-likeness (QED) is 0.485. The van der Waals surface area contributed by atoms with Crippen molar-refractivity contribution in [1.29, 1.82) is 0 Å². The lowest BCUT2D eigenvalue weighted by Gasteiger charge is -2.29. The van der Waals surface area contributed by atoms with Gasteiger partial charge in [-0.15, -0.1) is 0 Å². The van der Waals surface area contributed by atoms with Crippen LogP contribution in [-0.4, -0.2) is 23.9 Å². The maximum absolute atomic E-state index is 14.9. The molecule has 5 rings (SSSR count). The van der Waals surface area contributed by atoms with Crippen LogP contribution in [0.5, 0.6) is 11.5 Å². The number of carbonyl (C=O) groups excluding carboxylic acids is 1. The number of hydrogen-bond donors (Lipinski definition) is 0. The number of benzene rings is 3. The number of hydrogen-bond acceptors (Lipinski definition) is 3. The zero-order valence-corrected chi connectivity index (χ0v) is 17.4. The van der Waals surface area contributed by atoms with Gasteiger partial charge in [0.2, 0.25) is 0 Å². The molecule has 1 fully saturated rings. The first-order valence-corrected chi connectivity index (χ1v) is 10.6. The van der Waals surface area contributed by atoms with E-state index in [0.717, 1.165) is 43.5 Å². The zero-order valence-electron chi connectivity index (χ0n) is 17.4. The van der Waals surface area contributed by atoms with Gasteiger partial charge in [-0.1, -0.05) is 0 Å². The number of carbonyl (C=O) groups is 1. The van der Waals surface area contributed by atoms with Crippen LogP contribution in [0.25, 0.3) is 0 Å². The van der Waals surface area contributed by atoms with Gasteiger partial charge in [0.15, 0.2) is 11.5 Å². The van der Waals surface area contributed by atoms with Crippen molar-refractivity contribution < 1.29 is 31.8 Å². The molecule has 1 saturated heterocycles. The van der Waals surface area contributed by atoms with Gasteiger partial charge >= 0.3 is 5.79 Å². The van der Waals surface area contributed by atoms with E-state index in [1.54, 1.807) is 11.0 Å². The fourth-order valence-electron chi connectivity index (χ4n) is 4.29. The Kier molecular flexibility index (Phi) is 5.23. The molecule has 2 aliphatic rings. The molecule has 0 saturated carbocycles. The van der Waals surface area contributed by atoms with Crippen LogP contribution >= 0.6 is 0 Å². The van der Waals surface area contributed by atoms with Crippen LogP contribution in [0.2, 0.25) is 0 Å². The molecule has 0 aliphatic carbocycles. The number of rotatable bonds is 3. The van der Waals surface area contributed by atoms with Gasteiger partial charge in [-0.25, -0.2) is 17.6 Å². The Bertz CT molecular complexity index is 1190. The molecule has 0 radical (unpaired) electrons. The molecule has 1 amide bonds. The number of halogens is 4. The van der Waals surface area contributed by atoms with Gasteiger partial charge < -0.3 is 14.4 Å². The first-order chi connectivity index (χ1) is 15.9. The SMILES string of the molecule is O=C(c1ccc2c(c1)OC(c1ccc(F)cc1F)(c1ccc(F)cc1F)O2)N1CCCCC1. The summed E-state index contributed by atoms with van der Waals surface area (Å²) < 4.78 is 68.8. The van der Waals surface area contributed by atoms with Gasteiger partial charge in [0.1, 0.15) is 23.3 Å². The van der Waals surface area contributed by atoms with Gasteiger partial charge in [0.05, 0.1) is 11.1 Å².